The Hall–Kier alpha value is -0.520. The molecule has 2 N–H and O–H groups in total. The molecule has 0 radical (unpaired) electrons. The smallest absolute Gasteiger partial charge is 0.148 e. The van der Waals surface area contributed by atoms with Gasteiger partial charge in [0.05, 0.1) is 5.75 Å². The summed E-state index contributed by atoms with van der Waals surface area (Å²) in [5.74, 6) is 2.06. The Morgan fingerprint density at radius 2 is 1.95 bits per heavy atom. The molecule has 2 rings (SSSR count). The van der Waals surface area contributed by atoms with Crippen LogP contribution in [0.25, 0.3) is 0 Å². The second-order valence-corrected chi connectivity index (χ2v) is 9.56. The predicted octanol–water partition coefficient (Wildman–Crippen LogP) is 2.68. The fraction of sp³-hybridized carbons (Fsp3) is 0.625. The van der Waals surface area contributed by atoms with E-state index >= 15 is 0 Å². The molecule has 1 saturated carbocycles. The third-order valence-corrected chi connectivity index (χ3v) is 6.94. The summed E-state index contributed by atoms with van der Waals surface area (Å²) in [4.78, 5) is 0. The average Bonchev–Trinajstić information content (AvgIpc) is 2.47. The lowest BCUT2D eigenvalue weighted by Crippen LogP contribution is -2.32. The summed E-state index contributed by atoms with van der Waals surface area (Å²) in [7, 11) is -2.87. The summed E-state index contributed by atoms with van der Waals surface area (Å²) in [6, 6.07) is 10.6. The number of thioether (sulfide) groups is 1. The molecule has 1 aliphatic rings. The fourth-order valence-corrected chi connectivity index (χ4v) is 5.83. The Morgan fingerprint density at radius 3 is 2.57 bits per heavy atom. The van der Waals surface area contributed by atoms with E-state index in [-0.39, 0.29) is 5.75 Å². The van der Waals surface area contributed by atoms with Gasteiger partial charge in [0.25, 0.3) is 0 Å². The van der Waals surface area contributed by atoms with Gasteiger partial charge in [-0.15, -0.1) is 0 Å². The predicted molar refractivity (Wildman–Crippen MR) is 91.5 cm³/mol. The first-order valence-corrected chi connectivity index (χ1v) is 10.6. The molecule has 1 aromatic rings. The van der Waals surface area contributed by atoms with Gasteiger partial charge in [-0.1, -0.05) is 30.3 Å². The lowest BCUT2D eigenvalue weighted by molar-refractivity contribution is 0.344. The highest BCUT2D eigenvalue weighted by atomic mass is 32.2. The zero-order chi connectivity index (χ0) is 15.3. The monoisotopic (exact) mass is 327 g/mol. The molecule has 3 nitrogen and oxygen atoms in total. The van der Waals surface area contributed by atoms with Crippen molar-refractivity contribution in [2.24, 2.45) is 11.7 Å². The van der Waals surface area contributed by atoms with Gasteiger partial charge < -0.3 is 5.73 Å². The highest BCUT2D eigenvalue weighted by Gasteiger charge is 2.30. The largest absolute Gasteiger partial charge is 0.330 e. The Balaban J connectivity index is 1.96. The molecular formula is C16H25NO2S2. The number of hydrogen-bond acceptors (Lipinski definition) is 4. The molecule has 118 valence electrons. The highest BCUT2D eigenvalue weighted by molar-refractivity contribution is 8.01. The first kappa shape index (κ1) is 16.8. The Kier molecular flexibility index (Phi) is 6.14. The van der Waals surface area contributed by atoms with Crippen molar-refractivity contribution in [2.75, 3.05) is 24.3 Å². The average molecular weight is 328 g/mol. The molecule has 5 heteroatoms. The van der Waals surface area contributed by atoms with Crippen LogP contribution in [0.4, 0.5) is 0 Å². The van der Waals surface area contributed by atoms with Crippen molar-refractivity contribution in [3.05, 3.63) is 35.9 Å². The van der Waals surface area contributed by atoms with E-state index in [0.29, 0.717) is 29.4 Å². The minimum Gasteiger partial charge on any atom is -0.330 e. The topological polar surface area (TPSA) is 60.2 Å². The first-order chi connectivity index (χ1) is 9.99. The maximum Gasteiger partial charge on any atom is 0.148 e. The van der Waals surface area contributed by atoms with Gasteiger partial charge in [0.2, 0.25) is 0 Å². The van der Waals surface area contributed by atoms with E-state index in [1.165, 1.54) is 18.2 Å². The van der Waals surface area contributed by atoms with Crippen molar-refractivity contribution in [2.45, 2.75) is 30.4 Å². The number of hydrogen-bond donors (Lipinski definition) is 1. The quantitative estimate of drug-likeness (QED) is 0.872. The molecule has 0 heterocycles. The number of rotatable bonds is 6. The van der Waals surface area contributed by atoms with Crippen LogP contribution in [0.5, 0.6) is 0 Å². The lowest BCUT2D eigenvalue weighted by Gasteiger charge is -2.35. The van der Waals surface area contributed by atoms with E-state index in [9.17, 15) is 8.42 Å². The van der Waals surface area contributed by atoms with Gasteiger partial charge in [-0.05, 0) is 43.2 Å². The van der Waals surface area contributed by atoms with Gasteiger partial charge >= 0.3 is 0 Å². The van der Waals surface area contributed by atoms with E-state index in [1.54, 1.807) is 11.8 Å². The van der Waals surface area contributed by atoms with Crippen LogP contribution in [0.2, 0.25) is 0 Å². The number of benzene rings is 1. The minimum atomic E-state index is -2.87. The van der Waals surface area contributed by atoms with E-state index in [1.807, 2.05) is 6.07 Å². The highest BCUT2D eigenvalue weighted by Crippen LogP contribution is 2.40. The molecule has 3 atom stereocenters. The summed E-state index contributed by atoms with van der Waals surface area (Å²) >= 11 is 1.80. The van der Waals surface area contributed by atoms with E-state index in [0.717, 1.165) is 12.8 Å². The van der Waals surface area contributed by atoms with Crippen molar-refractivity contribution >= 4 is 21.6 Å². The number of sulfone groups is 1. The van der Waals surface area contributed by atoms with Crippen LogP contribution < -0.4 is 5.73 Å². The molecule has 0 amide bonds. The zero-order valence-electron chi connectivity index (χ0n) is 12.6. The summed E-state index contributed by atoms with van der Waals surface area (Å²) < 4.78 is 22.5. The second-order valence-electron chi connectivity index (χ2n) is 5.96. The van der Waals surface area contributed by atoms with E-state index < -0.39 is 9.84 Å². The van der Waals surface area contributed by atoms with Crippen molar-refractivity contribution in [3.8, 4) is 0 Å². The third-order valence-electron chi connectivity index (χ3n) is 4.29. The summed E-state index contributed by atoms with van der Waals surface area (Å²) in [5, 5.41) is 0.482. The van der Waals surface area contributed by atoms with Crippen molar-refractivity contribution < 1.29 is 8.42 Å². The molecule has 21 heavy (non-hydrogen) atoms. The second kappa shape index (κ2) is 7.65. The van der Waals surface area contributed by atoms with Crippen LogP contribution in [-0.4, -0.2) is 38.0 Å². The van der Waals surface area contributed by atoms with Crippen molar-refractivity contribution in [3.63, 3.8) is 0 Å². The lowest BCUT2D eigenvalue weighted by atomic mass is 9.78. The standard InChI is InChI=1S/C16H25NO2S2/c1-21(18,19)10-9-20-16-11-14(7-8-15(16)12-17)13-5-3-2-4-6-13/h2-6,14-16H,7-12,17H2,1H3. The third kappa shape index (κ3) is 5.31. The fourth-order valence-electron chi connectivity index (χ4n) is 3.04. The van der Waals surface area contributed by atoms with Gasteiger partial charge in [-0.3, -0.25) is 0 Å². The van der Waals surface area contributed by atoms with Gasteiger partial charge in [0.1, 0.15) is 9.84 Å². The van der Waals surface area contributed by atoms with Crippen LogP contribution in [0, 0.1) is 5.92 Å². The molecule has 0 spiro atoms. The van der Waals surface area contributed by atoms with E-state index in [4.69, 9.17) is 5.73 Å². The maximum atomic E-state index is 11.3. The molecular weight excluding hydrogens is 302 g/mol. The van der Waals surface area contributed by atoms with Crippen LogP contribution in [-0.2, 0) is 9.84 Å². The van der Waals surface area contributed by atoms with Crippen molar-refractivity contribution in [1.29, 1.82) is 0 Å². The number of nitrogens with two attached hydrogens (primary N) is 1. The van der Waals surface area contributed by atoms with Crippen LogP contribution in [0.1, 0.15) is 30.7 Å². The van der Waals surface area contributed by atoms with Gasteiger partial charge in [-0.2, -0.15) is 11.8 Å². The van der Waals surface area contributed by atoms with Gasteiger partial charge in [-0.25, -0.2) is 8.42 Å². The van der Waals surface area contributed by atoms with E-state index in [2.05, 4.69) is 24.3 Å². The van der Waals surface area contributed by atoms with Crippen LogP contribution in [0.15, 0.2) is 30.3 Å². The normalized spacial score (nSPS) is 26.7. The first-order valence-electron chi connectivity index (χ1n) is 7.54. The van der Waals surface area contributed by atoms with Crippen molar-refractivity contribution in [1.82, 2.24) is 0 Å². The minimum absolute atomic E-state index is 0.265. The maximum absolute atomic E-state index is 11.3. The molecule has 3 unspecified atom stereocenters. The summed E-state index contributed by atoms with van der Waals surface area (Å²) in [5.41, 5.74) is 7.31. The molecule has 0 aromatic heterocycles. The van der Waals surface area contributed by atoms with Gasteiger partial charge in [0.15, 0.2) is 0 Å². The molecule has 1 aromatic carbocycles. The molecule has 1 fully saturated rings. The van der Waals surface area contributed by atoms with Crippen LogP contribution in [0.3, 0.4) is 0 Å². The summed E-state index contributed by atoms with van der Waals surface area (Å²) in [6.07, 6.45) is 4.75. The Labute approximate surface area is 132 Å². The zero-order valence-corrected chi connectivity index (χ0v) is 14.2. The molecule has 0 saturated heterocycles. The Morgan fingerprint density at radius 1 is 1.24 bits per heavy atom. The SMILES string of the molecule is CS(=O)(=O)CCSC1CC(c2ccccc2)CCC1CN. The molecule has 0 bridgehead atoms. The molecule has 0 aliphatic heterocycles. The molecule has 1 aliphatic carbocycles. The van der Waals surface area contributed by atoms with Gasteiger partial charge in [0, 0.05) is 17.3 Å². The Bertz CT molecular complexity index is 530. The summed E-state index contributed by atoms with van der Waals surface area (Å²) in [6.45, 7) is 0.706. The van der Waals surface area contributed by atoms with Crippen LogP contribution >= 0.6 is 11.8 Å².